The molecule has 2 aromatic rings. The second-order valence-corrected chi connectivity index (χ2v) is 7.51. The summed E-state index contributed by atoms with van der Waals surface area (Å²) in [5.74, 6) is -1.80. The number of imide groups is 1. The molecule has 2 heterocycles. The van der Waals surface area contributed by atoms with Gasteiger partial charge in [-0.05, 0) is 31.4 Å². The Hall–Kier alpha value is -2.96. The van der Waals surface area contributed by atoms with Crippen LogP contribution in [0.1, 0.15) is 36.8 Å². The lowest BCUT2D eigenvalue weighted by atomic mass is 9.81. The zero-order valence-electron chi connectivity index (χ0n) is 15.6. The molecular weight excluding hydrogens is 362 g/mol. The topological polar surface area (TPSA) is 93.9 Å². The summed E-state index contributed by atoms with van der Waals surface area (Å²) in [6.07, 6.45) is 3.27. The van der Waals surface area contributed by atoms with Gasteiger partial charge in [0.25, 0.3) is 0 Å². The van der Waals surface area contributed by atoms with Crippen LogP contribution < -0.4 is 5.63 Å². The first-order chi connectivity index (χ1) is 13.4. The summed E-state index contributed by atoms with van der Waals surface area (Å²) >= 11 is 0. The third-order valence-electron chi connectivity index (χ3n) is 5.59. The van der Waals surface area contributed by atoms with Crippen molar-refractivity contribution in [2.45, 2.75) is 39.2 Å². The first kappa shape index (κ1) is 18.4. The largest absolute Gasteiger partial charge is 0.459 e. The highest BCUT2D eigenvalue weighted by atomic mass is 16.5. The smallest absolute Gasteiger partial charge is 0.336 e. The Morgan fingerprint density at radius 3 is 2.46 bits per heavy atom. The van der Waals surface area contributed by atoms with Gasteiger partial charge in [-0.2, -0.15) is 0 Å². The van der Waals surface area contributed by atoms with E-state index >= 15 is 0 Å². The van der Waals surface area contributed by atoms with Gasteiger partial charge in [0.2, 0.25) is 11.8 Å². The van der Waals surface area contributed by atoms with Crippen molar-refractivity contribution in [3.63, 3.8) is 0 Å². The first-order valence-corrected chi connectivity index (χ1v) is 9.48. The molecule has 1 saturated carbocycles. The molecule has 2 atom stereocenters. The van der Waals surface area contributed by atoms with Gasteiger partial charge in [-0.3, -0.25) is 19.3 Å². The molecule has 7 heteroatoms. The average molecular weight is 383 g/mol. The van der Waals surface area contributed by atoms with Crippen molar-refractivity contribution in [3.8, 4) is 0 Å². The van der Waals surface area contributed by atoms with E-state index in [1.54, 1.807) is 12.1 Å². The number of hydrogen-bond acceptors (Lipinski definition) is 6. The number of amides is 2. The molecule has 0 spiro atoms. The van der Waals surface area contributed by atoms with Crippen LogP contribution in [-0.2, 0) is 25.7 Å². The molecule has 0 bridgehead atoms. The number of esters is 1. The van der Waals surface area contributed by atoms with Crippen LogP contribution in [0.4, 0.5) is 0 Å². The van der Waals surface area contributed by atoms with Gasteiger partial charge < -0.3 is 9.15 Å². The lowest BCUT2D eigenvalue weighted by molar-refractivity contribution is -0.153. The predicted octanol–water partition coefficient (Wildman–Crippen LogP) is 2.32. The quantitative estimate of drug-likeness (QED) is 0.457. The van der Waals surface area contributed by atoms with Crippen molar-refractivity contribution in [1.82, 2.24) is 4.90 Å². The molecule has 1 aromatic heterocycles. The lowest BCUT2D eigenvalue weighted by Gasteiger charge is -2.19. The van der Waals surface area contributed by atoms with Crippen LogP contribution in [0.5, 0.6) is 0 Å². The molecular formula is C21H21NO6. The van der Waals surface area contributed by atoms with E-state index in [0.717, 1.165) is 23.3 Å². The van der Waals surface area contributed by atoms with Gasteiger partial charge in [-0.25, -0.2) is 4.79 Å². The van der Waals surface area contributed by atoms with E-state index in [0.29, 0.717) is 29.4 Å². The van der Waals surface area contributed by atoms with E-state index in [1.807, 2.05) is 13.0 Å². The Balaban J connectivity index is 1.45. The number of rotatable bonds is 4. The van der Waals surface area contributed by atoms with Gasteiger partial charge in [0.15, 0.2) is 0 Å². The average Bonchev–Trinajstić information content (AvgIpc) is 2.91. The first-order valence-electron chi connectivity index (χ1n) is 9.48. The highest BCUT2D eigenvalue weighted by Crippen LogP contribution is 2.37. The Morgan fingerprint density at radius 2 is 1.79 bits per heavy atom. The summed E-state index contributed by atoms with van der Waals surface area (Å²) in [5, 5.41) is 0.678. The van der Waals surface area contributed by atoms with Crippen LogP contribution in [-0.4, -0.2) is 29.2 Å². The normalized spacial score (nSPS) is 21.8. The zero-order valence-corrected chi connectivity index (χ0v) is 15.6. The van der Waals surface area contributed by atoms with Gasteiger partial charge in [0.1, 0.15) is 18.7 Å². The minimum atomic E-state index is -0.672. The third kappa shape index (κ3) is 3.32. The number of likely N-dealkylation sites (tertiary alicyclic amines) is 1. The van der Waals surface area contributed by atoms with Crippen molar-refractivity contribution in [3.05, 3.63) is 45.8 Å². The minimum absolute atomic E-state index is 0.132. The highest BCUT2D eigenvalue weighted by molar-refractivity contribution is 6.07. The Morgan fingerprint density at radius 1 is 1.11 bits per heavy atom. The molecule has 28 heavy (non-hydrogen) atoms. The molecule has 0 N–H and O–H groups in total. The van der Waals surface area contributed by atoms with E-state index in [2.05, 4.69) is 0 Å². The van der Waals surface area contributed by atoms with Crippen molar-refractivity contribution in [1.29, 1.82) is 0 Å². The molecule has 1 aliphatic carbocycles. The van der Waals surface area contributed by atoms with Crippen LogP contribution in [0, 0.1) is 18.8 Å². The SMILES string of the molecule is Cc1ccc2c(COC(=O)CN3C(=O)[C@@H]4CCCC[C@H]4C3=O)cc(=O)oc2c1. The third-order valence-corrected chi connectivity index (χ3v) is 5.59. The van der Waals surface area contributed by atoms with Crippen molar-refractivity contribution in [2.75, 3.05) is 6.54 Å². The maximum Gasteiger partial charge on any atom is 0.336 e. The van der Waals surface area contributed by atoms with E-state index in [-0.39, 0.29) is 36.8 Å². The number of ether oxygens (including phenoxy) is 1. The number of carbonyl (C=O) groups excluding carboxylic acids is 3. The maximum atomic E-state index is 12.5. The molecule has 4 rings (SSSR count). The Bertz CT molecular complexity index is 999. The van der Waals surface area contributed by atoms with Crippen LogP contribution in [0.25, 0.3) is 11.0 Å². The summed E-state index contributed by atoms with van der Waals surface area (Å²) in [4.78, 5) is 50.0. The number of nitrogens with zero attached hydrogens (tertiary/aromatic N) is 1. The molecule has 2 fully saturated rings. The lowest BCUT2D eigenvalue weighted by Crippen LogP contribution is -2.36. The van der Waals surface area contributed by atoms with Gasteiger partial charge in [0.05, 0.1) is 11.8 Å². The summed E-state index contributed by atoms with van der Waals surface area (Å²) in [7, 11) is 0. The van der Waals surface area contributed by atoms with Gasteiger partial charge in [-0.1, -0.05) is 25.0 Å². The fourth-order valence-electron chi connectivity index (χ4n) is 4.18. The summed E-state index contributed by atoms with van der Waals surface area (Å²) in [6.45, 7) is 1.37. The summed E-state index contributed by atoms with van der Waals surface area (Å²) in [6, 6.07) is 6.70. The maximum absolute atomic E-state index is 12.5. The van der Waals surface area contributed by atoms with E-state index in [4.69, 9.17) is 9.15 Å². The molecule has 7 nitrogen and oxygen atoms in total. The molecule has 2 amide bonds. The summed E-state index contributed by atoms with van der Waals surface area (Å²) in [5.41, 5.74) is 1.36. The van der Waals surface area contributed by atoms with Crippen LogP contribution in [0.3, 0.4) is 0 Å². The zero-order chi connectivity index (χ0) is 19.8. The fraction of sp³-hybridized carbons (Fsp3) is 0.429. The minimum Gasteiger partial charge on any atom is -0.459 e. The number of carbonyl (C=O) groups is 3. The second-order valence-electron chi connectivity index (χ2n) is 7.51. The van der Waals surface area contributed by atoms with Crippen molar-refractivity contribution >= 4 is 28.8 Å². The Kier molecular flexibility index (Phi) is 4.75. The van der Waals surface area contributed by atoms with Crippen molar-refractivity contribution in [2.24, 2.45) is 11.8 Å². The molecule has 1 aromatic carbocycles. The fourth-order valence-corrected chi connectivity index (χ4v) is 4.18. The number of benzene rings is 1. The van der Waals surface area contributed by atoms with Crippen LogP contribution in [0.15, 0.2) is 33.5 Å². The van der Waals surface area contributed by atoms with E-state index in [1.165, 1.54) is 6.07 Å². The standard InChI is InChI=1S/C21H21NO6/c1-12-6-7-14-13(9-18(23)28-17(14)8-12)11-27-19(24)10-22-20(25)15-4-2-3-5-16(15)21(22)26/h6-9,15-16H,2-5,10-11H2,1H3/t15-,16-/m1/s1. The molecule has 1 aliphatic heterocycles. The molecule has 2 aliphatic rings. The molecule has 1 saturated heterocycles. The van der Waals surface area contributed by atoms with Crippen LogP contribution in [0.2, 0.25) is 0 Å². The van der Waals surface area contributed by atoms with Crippen molar-refractivity contribution < 1.29 is 23.5 Å². The van der Waals surface area contributed by atoms with Crippen LogP contribution >= 0.6 is 0 Å². The van der Waals surface area contributed by atoms with Gasteiger partial charge in [0, 0.05) is 17.0 Å². The Labute approximate surface area is 161 Å². The number of hydrogen-bond donors (Lipinski definition) is 0. The van der Waals surface area contributed by atoms with E-state index < -0.39 is 11.6 Å². The molecule has 146 valence electrons. The van der Waals surface area contributed by atoms with Gasteiger partial charge >= 0.3 is 11.6 Å². The van der Waals surface area contributed by atoms with Gasteiger partial charge in [-0.15, -0.1) is 0 Å². The predicted molar refractivity (Wildman–Crippen MR) is 99.2 cm³/mol. The molecule has 0 radical (unpaired) electrons. The molecule has 0 unspecified atom stereocenters. The second kappa shape index (κ2) is 7.22. The number of aryl methyl sites for hydroxylation is 1. The summed E-state index contributed by atoms with van der Waals surface area (Å²) < 4.78 is 10.5. The highest BCUT2D eigenvalue weighted by Gasteiger charge is 2.48. The van der Waals surface area contributed by atoms with E-state index in [9.17, 15) is 19.2 Å². The number of fused-ring (bicyclic) bond motifs is 2. The monoisotopic (exact) mass is 383 g/mol.